The van der Waals surface area contributed by atoms with Gasteiger partial charge in [0.25, 0.3) is 5.88 Å². The summed E-state index contributed by atoms with van der Waals surface area (Å²) in [6, 6.07) is 5.44. The molecule has 14 heavy (non-hydrogen) atoms. The first kappa shape index (κ1) is 9.21. The number of fused-ring (bicyclic) bond motifs is 1. The van der Waals surface area contributed by atoms with Crippen LogP contribution in [-0.2, 0) is 0 Å². The van der Waals surface area contributed by atoms with Crippen molar-refractivity contribution in [2.45, 2.75) is 0 Å². The van der Waals surface area contributed by atoms with Crippen molar-refractivity contribution in [1.82, 2.24) is 9.97 Å². The van der Waals surface area contributed by atoms with E-state index in [1.807, 2.05) is 12.1 Å². The number of H-pyrrole nitrogens is 1. The van der Waals surface area contributed by atoms with E-state index in [1.165, 1.54) is 7.11 Å². The maximum atomic E-state index is 11.3. The zero-order valence-corrected chi connectivity index (χ0v) is 8.96. The van der Waals surface area contributed by atoms with Crippen LogP contribution in [0.2, 0.25) is 0 Å². The van der Waals surface area contributed by atoms with Gasteiger partial charge in [-0.25, -0.2) is 4.98 Å². The van der Waals surface area contributed by atoms with Gasteiger partial charge in [0.05, 0.1) is 18.1 Å². The molecule has 4 nitrogen and oxygen atoms in total. The van der Waals surface area contributed by atoms with Crippen molar-refractivity contribution in [2.24, 2.45) is 0 Å². The van der Waals surface area contributed by atoms with E-state index in [2.05, 4.69) is 25.9 Å². The number of aromatic amines is 1. The highest BCUT2D eigenvalue weighted by Crippen LogP contribution is 2.16. The summed E-state index contributed by atoms with van der Waals surface area (Å²) in [4.78, 5) is 18.0. The van der Waals surface area contributed by atoms with Crippen LogP contribution in [0.1, 0.15) is 0 Å². The van der Waals surface area contributed by atoms with E-state index < -0.39 is 0 Å². The molecule has 5 heteroatoms. The van der Waals surface area contributed by atoms with Crippen LogP contribution in [0.4, 0.5) is 0 Å². The number of nitrogens with zero attached hydrogens (tertiary/aromatic N) is 1. The van der Waals surface area contributed by atoms with E-state index in [4.69, 9.17) is 4.74 Å². The molecular weight excluding hydrogens is 248 g/mol. The van der Waals surface area contributed by atoms with Crippen molar-refractivity contribution in [1.29, 1.82) is 0 Å². The lowest BCUT2D eigenvalue weighted by Crippen LogP contribution is -2.11. The molecule has 2 rings (SSSR count). The monoisotopic (exact) mass is 254 g/mol. The quantitative estimate of drug-likeness (QED) is 0.843. The highest BCUT2D eigenvalue weighted by atomic mass is 79.9. The number of aromatic nitrogens is 2. The molecule has 0 saturated heterocycles. The molecule has 1 aromatic heterocycles. The molecule has 0 aliphatic heterocycles. The van der Waals surface area contributed by atoms with Gasteiger partial charge in [0, 0.05) is 4.47 Å². The maximum absolute atomic E-state index is 11.3. The van der Waals surface area contributed by atoms with E-state index in [-0.39, 0.29) is 11.4 Å². The second-order valence-electron chi connectivity index (χ2n) is 2.74. The topological polar surface area (TPSA) is 55.0 Å². The molecule has 0 saturated carbocycles. The first-order valence-electron chi connectivity index (χ1n) is 3.94. The minimum absolute atomic E-state index is 0.0793. The van der Waals surface area contributed by atoms with Crippen LogP contribution in [0.3, 0.4) is 0 Å². The number of hydrogen-bond acceptors (Lipinski definition) is 3. The fourth-order valence-electron chi connectivity index (χ4n) is 1.18. The average Bonchev–Trinajstić information content (AvgIpc) is 2.17. The second-order valence-corrected chi connectivity index (χ2v) is 3.65. The predicted molar refractivity (Wildman–Crippen MR) is 56.6 cm³/mol. The number of hydrogen-bond donors (Lipinski definition) is 1. The van der Waals surface area contributed by atoms with Crippen molar-refractivity contribution in [3.05, 3.63) is 33.0 Å². The number of ether oxygens (including phenoxy) is 1. The first-order valence-corrected chi connectivity index (χ1v) is 4.73. The Balaban J connectivity index is 2.80. The van der Waals surface area contributed by atoms with E-state index in [0.29, 0.717) is 11.0 Å². The molecule has 1 heterocycles. The van der Waals surface area contributed by atoms with Crippen LogP contribution in [0, 0.1) is 0 Å². The number of rotatable bonds is 1. The van der Waals surface area contributed by atoms with Gasteiger partial charge in [0.1, 0.15) is 0 Å². The summed E-state index contributed by atoms with van der Waals surface area (Å²) >= 11 is 3.32. The lowest BCUT2D eigenvalue weighted by atomic mass is 10.3. The van der Waals surface area contributed by atoms with Crippen molar-refractivity contribution in [3.63, 3.8) is 0 Å². The fourth-order valence-corrected chi connectivity index (χ4v) is 1.53. The zero-order valence-electron chi connectivity index (χ0n) is 7.37. The normalized spacial score (nSPS) is 10.4. The molecule has 72 valence electrons. The van der Waals surface area contributed by atoms with Gasteiger partial charge in [-0.15, -0.1) is 0 Å². The van der Waals surface area contributed by atoms with Gasteiger partial charge in [-0.1, -0.05) is 15.9 Å². The van der Waals surface area contributed by atoms with Gasteiger partial charge in [0.2, 0.25) is 0 Å². The third kappa shape index (κ3) is 1.50. The molecule has 2 aromatic rings. The highest BCUT2D eigenvalue weighted by molar-refractivity contribution is 9.10. The largest absolute Gasteiger partial charge is 0.477 e. The Hall–Kier alpha value is -1.36. The molecule has 1 N–H and O–H groups in total. The molecule has 0 fully saturated rings. The number of nitrogens with one attached hydrogen (secondary N) is 1. The highest BCUT2D eigenvalue weighted by Gasteiger charge is 2.03. The molecule has 0 aliphatic rings. The van der Waals surface area contributed by atoms with Gasteiger partial charge in [-0.3, -0.25) is 4.79 Å². The van der Waals surface area contributed by atoms with Gasteiger partial charge >= 0.3 is 5.56 Å². The van der Waals surface area contributed by atoms with Crippen molar-refractivity contribution in [2.75, 3.05) is 7.11 Å². The van der Waals surface area contributed by atoms with Crippen molar-refractivity contribution < 1.29 is 4.74 Å². The van der Waals surface area contributed by atoms with Crippen LogP contribution in [0.5, 0.6) is 5.88 Å². The lowest BCUT2D eigenvalue weighted by molar-refractivity contribution is 0.393. The van der Waals surface area contributed by atoms with Crippen molar-refractivity contribution >= 4 is 27.0 Å². The van der Waals surface area contributed by atoms with Crippen LogP contribution >= 0.6 is 15.9 Å². The molecule has 0 atom stereocenters. The van der Waals surface area contributed by atoms with Crippen LogP contribution in [-0.4, -0.2) is 17.1 Å². The summed E-state index contributed by atoms with van der Waals surface area (Å²) in [6.45, 7) is 0. The van der Waals surface area contributed by atoms with Crippen LogP contribution < -0.4 is 10.3 Å². The number of methoxy groups -OCH3 is 1. The molecule has 0 amide bonds. The summed E-state index contributed by atoms with van der Waals surface area (Å²) < 4.78 is 5.73. The van der Waals surface area contributed by atoms with Gasteiger partial charge in [-0.05, 0) is 18.2 Å². The predicted octanol–water partition coefficient (Wildman–Crippen LogP) is 1.69. The number of halogens is 1. The molecule has 0 unspecified atom stereocenters. The van der Waals surface area contributed by atoms with E-state index in [1.54, 1.807) is 6.07 Å². The number of benzene rings is 1. The molecule has 0 radical (unpaired) electrons. The zero-order chi connectivity index (χ0) is 10.1. The molecule has 0 spiro atoms. The third-order valence-electron chi connectivity index (χ3n) is 1.82. The minimum Gasteiger partial charge on any atom is -0.477 e. The molecule has 0 aliphatic carbocycles. The summed E-state index contributed by atoms with van der Waals surface area (Å²) in [5.41, 5.74) is 1.07. The summed E-state index contributed by atoms with van der Waals surface area (Å²) in [5.74, 6) is 0.0793. The third-order valence-corrected chi connectivity index (χ3v) is 2.31. The summed E-state index contributed by atoms with van der Waals surface area (Å²) in [7, 11) is 1.42. The SMILES string of the molecule is COc1nc2cc(Br)ccc2[nH]c1=O. The molecule has 1 aromatic carbocycles. The van der Waals surface area contributed by atoms with Crippen LogP contribution in [0.25, 0.3) is 11.0 Å². The Labute approximate surface area is 88.1 Å². The summed E-state index contributed by atoms with van der Waals surface area (Å²) in [6.07, 6.45) is 0. The average molecular weight is 255 g/mol. The van der Waals surface area contributed by atoms with E-state index in [0.717, 1.165) is 4.47 Å². The Morgan fingerprint density at radius 3 is 3.00 bits per heavy atom. The van der Waals surface area contributed by atoms with Crippen LogP contribution in [0.15, 0.2) is 27.5 Å². The lowest BCUT2D eigenvalue weighted by Gasteiger charge is -2.00. The van der Waals surface area contributed by atoms with E-state index >= 15 is 0 Å². The van der Waals surface area contributed by atoms with Gasteiger partial charge < -0.3 is 9.72 Å². The Morgan fingerprint density at radius 1 is 1.50 bits per heavy atom. The molecule has 0 bridgehead atoms. The standard InChI is InChI=1S/C9H7BrN2O2/c1-14-9-8(13)11-6-3-2-5(10)4-7(6)12-9/h2-4H,1H3,(H,11,13). The Bertz CT molecular complexity index is 536. The molecular formula is C9H7BrN2O2. The van der Waals surface area contributed by atoms with E-state index in [9.17, 15) is 4.79 Å². The minimum atomic E-state index is -0.317. The van der Waals surface area contributed by atoms with Crippen molar-refractivity contribution in [3.8, 4) is 5.88 Å². The smallest absolute Gasteiger partial charge is 0.311 e. The Morgan fingerprint density at radius 2 is 2.29 bits per heavy atom. The second kappa shape index (κ2) is 3.42. The maximum Gasteiger partial charge on any atom is 0.311 e. The van der Waals surface area contributed by atoms with Gasteiger partial charge in [0.15, 0.2) is 0 Å². The fraction of sp³-hybridized carbons (Fsp3) is 0.111. The van der Waals surface area contributed by atoms with Gasteiger partial charge in [-0.2, -0.15) is 0 Å². The summed E-state index contributed by atoms with van der Waals surface area (Å²) in [5, 5.41) is 0. The Kier molecular flexibility index (Phi) is 2.25. The first-order chi connectivity index (χ1) is 6.70.